The van der Waals surface area contributed by atoms with Gasteiger partial charge >= 0.3 is 10.5 Å². The standard InChI is InChI=1S/C25H21ClN6O6S/c1-36-18-5-2-3-6-19(18)38-21-22(32-39(34)35)30-24(23-27-12-4-13-28-23)31-25(21)37-14-11-20(33)29-15-16-7-9-17(26)10-8-16/h2-10,12-13H,11,14-15H2,1H3,(H,29,33). The van der Waals surface area contributed by atoms with E-state index in [2.05, 4.69) is 29.6 Å². The number of amides is 1. The fourth-order valence-electron chi connectivity index (χ4n) is 3.20. The lowest BCUT2D eigenvalue weighted by atomic mass is 10.2. The van der Waals surface area contributed by atoms with Gasteiger partial charge in [0.05, 0.1) is 20.1 Å². The van der Waals surface area contributed by atoms with Gasteiger partial charge in [0, 0.05) is 24.0 Å². The van der Waals surface area contributed by atoms with E-state index in [-0.39, 0.29) is 53.8 Å². The number of halogens is 1. The van der Waals surface area contributed by atoms with Gasteiger partial charge in [-0.3, -0.25) is 4.79 Å². The first-order valence-corrected chi connectivity index (χ1v) is 12.8. The summed E-state index contributed by atoms with van der Waals surface area (Å²) >= 11 is 5.89. The fourth-order valence-corrected chi connectivity index (χ4v) is 3.59. The molecule has 12 nitrogen and oxygen atoms in total. The Morgan fingerprint density at radius 2 is 1.69 bits per heavy atom. The van der Waals surface area contributed by atoms with Crippen molar-refractivity contribution in [3.8, 4) is 34.8 Å². The van der Waals surface area contributed by atoms with Crippen LogP contribution in [0.25, 0.3) is 11.6 Å². The van der Waals surface area contributed by atoms with E-state index < -0.39 is 10.5 Å². The number of rotatable bonds is 11. The molecule has 0 bridgehead atoms. The van der Waals surface area contributed by atoms with E-state index in [1.807, 2.05) is 0 Å². The second-order valence-electron chi connectivity index (χ2n) is 7.64. The van der Waals surface area contributed by atoms with Crippen molar-refractivity contribution < 1.29 is 27.4 Å². The van der Waals surface area contributed by atoms with Gasteiger partial charge in [-0.15, -0.1) is 4.36 Å². The monoisotopic (exact) mass is 568 g/mol. The molecule has 0 aliphatic rings. The molecule has 14 heteroatoms. The molecule has 0 spiro atoms. The molecule has 1 amide bonds. The molecule has 2 heterocycles. The van der Waals surface area contributed by atoms with Crippen molar-refractivity contribution in [2.45, 2.75) is 13.0 Å². The highest BCUT2D eigenvalue weighted by molar-refractivity contribution is 7.61. The van der Waals surface area contributed by atoms with E-state index in [0.717, 1.165) is 5.56 Å². The number of carbonyl (C=O) groups excluding carboxylic acids is 1. The van der Waals surface area contributed by atoms with Crippen LogP contribution in [0.5, 0.6) is 23.1 Å². The predicted octanol–water partition coefficient (Wildman–Crippen LogP) is 4.17. The minimum Gasteiger partial charge on any atom is -0.493 e. The molecule has 1 N–H and O–H groups in total. The molecular formula is C25H21ClN6O6S. The molecule has 2 aromatic heterocycles. The third kappa shape index (κ3) is 7.69. The minimum atomic E-state index is -2.90. The van der Waals surface area contributed by atoms with Crippen LogP contribution < -0.4 is 19.5 Å². The van der Waals surface area contributed by atoms with Crippen molar-refractivity contribution in [2.24, 2.45) is 4.36 Å². The van der Waals surface area contributed by atoms with Gasteiger partial charge in [0.1, 0.15) is 0 Å². The van der Waals surface area contributed by atoms with Crippen LogP contribution in [0.3, 0.4) is 0 Å². The smallest absolute Gasteiger partial charge is 0.318 e. The van der Waals surface area contributed by atoms with E-state index in [1.165, 1.54) is 19.5 Å². The summed E-state index contributed by atoms with van der Waals surface area (Å²) in [7, 11) is -1.44. The third-order valence-electron chi connectivity index (χ3n) is 5.00. The molecule has 0 aliphatic heterocycles. The number of carbonyl (C=O) groups is 1. The Kier molecular flexibility index (Phi) is 9.32. The molecule has 200 valence electrons. The number of hydrogen-bond donors (Lipinski definition) is 1. The van der Waals surface area contributed by atoms with E-state index in [4.69, 9.17) is 25.8 Å². The van der Waals surface area contributed by atoms with E-state index >= 15 is 0 Å². The van der Waals surface area contributed by atoms with Crippen LogP contribution >= 0.6 is 11.6 Å². The van der Waals surface area contributed by atoms with Crippen LogP contribution in [0.4, 0.5) is 5.82 Å². The van der Waals surface area contributed by atoms with Gasteiger partial charge < -0.3 is 19.5 Å². The molecule has 0 saturated carbocycles. The first-order chi connectivity index (χ1) is 18.9. The Morgan fingerprint density at radius 3 is 2.38 bits per heavy atom. The van der Waals surface area contributed by atoms with Crippen molar-refractivity contribution >= 4 is 33.8 Å². The van der Waals surface area contributed by atoms with E-state index in [0.29, 0.717) is 17.3 Å². The molecule has 0 atom stereocenters. The minimum absolute atomic E-state index is 0.0389. The summed E-state index contributed by atoms with van der Waals surface area (Å²) in [6, 6.07) is 15.3. The van der Waals surface area contributed by atoms with Crippen LogP contribution in [0.1, 0.15) is 12.0 Å². The quantitative estimate of drug-likeness (QED) is 0.278. The first-order valence-electron chi connectivity index (χ1n) is 11.4. The molecule has 0 saturated heterocycles. The van der Waals surface area contributed by atoms with Gasteiger partial charge in [-0.25, -0.2) is 15.0 Å². The lowest BCUT2D eigenvalue weighted by Crippen LogP contribution is -2.24. The lowest BCUT2D eigenvalue weighted by molar-refractivity contribution is -0.121. The fraction of sp³-hybridized carbons (Fsp3) is 0.160. The largest absolute Gasteiger partial charge is 0.493 e. The Balaban J connectivity index is 1.61. The summed E-state index contributed by atoms with van der Waals surface area (Å²) in [6.45, 7) is 0.181. The maximum atomic E-state index is 12.4. The third-order valence-corrected chi connectivity index (χ3v) is 5.57. The number of ether oxygens (including phenoxy) is 3. The van der Waals surface area contributed by atoms with Crippen molar-refractivity contribution in [3.05, 3.63) is 77.6 Å². The Morgan fingerprint density at radius 1 is 0.974 bits per heavy atom. The van der Waals surface area contributed by atoms with Gasteiger partial charge in [-0.05, 0) is 35.9 Å². The second-order valence-corrected chi connectivity index (χ2v) is 8.69. The average molecular weight is 569 g/mol. The summed E-state index contributed by atoms with van der Waals surface area (Å²) in [5, 5.41) is 3.39. The SMILES string of the molecule is COc1ccccc1Oc1c(N=S(=O)=O)nc(-c2ncccn2)nc1OCCC(=O)NCc1ccc(Cl)cc1. The zero-order chi connectivity index (χ0) is 27.6. The topological polar surface area (TPSA) is 155 Å². The zero-order valence-electron chi connectivity index (χ0n) is 20.4. The van der Waals surface area contributed by atoms with Gasteiger partial charge in [0.2, 0.25) is 23.3 Å². The highest BCUT2D eigenvalue weighted by atomic mass is 35.5. The normalized spacial score (nSPS) is 10.4. The molecule has 0 unspecified atom stereocenters. The summed E-state index contributed by atoms with van der Waals surface area (Å²) < 4.78 is 43.6. The molecule has 39 heavy (non-hydrogen) atoms. The van der Waals surface area contributed by atoms with Crippen LogP contribution in [-0.2, 0) is 21.8 Å². The maximum Gasteiger partial charge on any atom is 0.318 e. The Labute approximate surface area is 229 Å². The number of methoxy groups -OCH3 is 1. The summed E-state index contributed by atoms with van der Waals surface area (Å²) in [5.41, 5.74) is 0.876. The highest BCUT2D eigenvalue weighted by Crippen LogP contribution is 2.41. The zero-order valence-corrected chi connectivity index (χ0v) is 22.0. The number of para-hydroxylation sites is 2. The predicted molar refractivity (Wildman–Crippen MR) is 141 cm³/mol. The molecular weight excluding hydrogens is 548 g/mol. The number of benzene rings is 2. The molecule has 4 rings (SSSR count). The van der Waals surface area contributed by atoms with Gasteiger partial charge in [0.15, 0.2) is 17.3 Å². The average Bonchev–Trinajstić information content (AvgIpc) is 2.94. The number of nitrogens with zero attached hydrogens (tertiary/aromatic N) is 5. The van der Waals surface area contributed by atoms with Crippen LogP contribution in [-0.4, -0.2) is 48.0 Å². The summed E-state index contributed by atoms with van der Waals surface area (Å²) in [4.78, 5) is 29.1. The van der Waals surface area contributed by atoms with Gasteiger partial charge in [-0.1, -0.05) is 35.9 Å². The van der Waals surface area contributed by atoms with Crippen molar-refractivity contribution in [3.63, 3.8) is 0 Å². The number of nitrogens with one attached hydrogen (secondary N) is 1. The molecule has 0 fully saturated rings. The molecule has 4 aromatic rings. The molecule has 2 aromatic carbocycles. The molecule has 0 radical (unpaired) electrons. The van der Waals surface area contributed by atoms with Gasteiger partial charge in [0.25, 0.3) is 5.88 Å². The molecule has 0 aliphatic carbocycles. The van der Waals surface area contributed by atoms with Crippen LogP contribution in [0, 0.1) is 0 Å². The van der Waals surface area contributed by atoms with Crippen molar-refractivity contribution in [2.75, 3.05) is 13.7 Å². The van der Waals surface area contributed by atoms with Crippen molar-refractivity contribution in [1.29, 1.82) is 0 Å². The van der Waals surface area contributed by atoms with Crippen LogP contribution in [0.2, 0.25) is 5.02 Å². The van der Waals surface area contributed by atoms with Crippen molar-refractivity contribution in [1.82, 2.24) is 25.3 Å². The Hall–Kier alpha value is -4.62. The maximum absolute atomic E-state index is 12.4. The summed E-state index contributed by atoms with van der Waals surface area (Å²) in [5.74, 6) is -0.398. The van der Waals surface area contributed by atoms with E-state index in [1.54, 1.807) is 54.6 Å². The number of aromatic nitrogens is 4. The van der Waals surface area contributed by atoms with E-state index in [9.17, 15) is 13.2 Å². The Bertz CT molecular complexity index is 1580. The number of hydrogen-bond acceptors (Lipinski definition) is 11. The first kappa shape index (κ1) is 27.4. The second kappa shape index (κ2) is 13.3. The highest BCUT2D eigenvalue weighted by Gasteiger charge is 2.22. The summed E-state index contributed by atoms with van der Waals surface area (Å²) in [6.07, 6.45) is 2.90. The lowest BCUT2D eigenvalue weighted by Gasteiger charge is -2.15. The van der Waals surface area contributed by atoms with Crippen LogP contribution in [0.15, 0.2) is 71.4 Å². The van der Waals surface area contributed by atoms with Gasteiger partial charge in [-0.2, -0.15) is 13.4 Å².